The Bertz CT molecular complexity index is 354. The van der Waals surface area contributed by atoms with E-state index in [0.29, 0.717) is 12.1 Å². The summed E-state index contributed by atoms with van der Waals surface area (Å²) in [6.45, 7) is 0.535. The zero-order valence-electron chi connectivity index (χ0n) is 7.06. The third-order valence-corrected chi connectivity index (χ3v) is 1.60. The van der Waals surface area contributed by atoms with Crippen LogP contribution in [0.15, 0.2) is 12.3 Å². The summed E-state index contributed by atoms with van der Waals surface area (Å²) >= 11 is 5.67. The van der Waals surface area contributed by atoms with E-state index in [1.165, 1.54) is 6.07 Å². The lowest BCUT2D eigenvalue weighted by atomic mass is 10.3. The average Bonchev–Trinajstić information content (AvgIpc) is 2.11. The van der Waals surface area contributed by atoms with Gasteiger partial charge in [-0.3, -0.25) is 0 Å². The fraction of sp³-hybridized carbons (Fsp3) is 0.222. The van der Waals surface area contributed by atoms with Gasteiger partial charge in [-0.15, -0.1) is 0 Å². The van der Waals surface area contributed by atoms with Crippen LogP contribution in [0.3, 0.4) is 0 Å². The predicted molar refractivity (Wildman–Crippen MR) is 50.0 cm³/mol. The molecular weight excluding hydrogens is 191 g/mol. The number of hydrogen-bond acceptors (Lipinski definition) is 2. The highest BCUT2D eigenvalue weighted by molar-refractivity contribution is 6.30. The summed E-state index contributed by atoms with van der Waals surface area (Å²) in [7, 11) is 1.78. The van der Waals surface area contributed by atoms with Gasteiger partial charge in [0, 0.05) is 0 Å². The first kappa shape index (κ1) is 9.97. The minimum atomic E-state index is -0.432. The topological polar surface area (TPSA) is 24.9 Å². The highest BCUT2D eigenvalue weighted by Crippen LogP contribution is 2.11. The van der Waals surface area contributed by atoms with Crippen molar-refractivity contribution in [1.82, 2.24) is 10.3 Å². The van der Waals surface area contributed by atoms with Crippen molar-refractivity contribution >= 4 is 11.6 Å². The highest BCUT2D eigenvalue weighted by atomic mass is 35.5. The van der Waals surface area contributed by atoms with Crippen molar-refractivity contribution in [3.8, 4) is 11.8 Å². The molecule has 4 heteroatoms. The van der Waals surface area contributed by atoms with E-state index in [4.69, 9.17) is 11.6 Å². The summed E-state index contributed by atoms with van der Waals surface area (Å²) in [6, 6.07) is 1.26. The van der Waals surface area contributed by atoms with E-state index < -0.39 is 5.82 Å². The van der Waals surface area contributed by atoms with Crippen molar-refractivity contribution < 1.29 is 4.39 Å². The number of aromatic nitrogens is 1. The monoisotopic (exact) mass is 198 g/mol. The van der Waals surface area contributed by atoms with Crippen molar-refractivity contribution in [3.63, 3.8) is 0 Å². The Morgan fingerprint density at radius 2 is 2.46 bits per heavy atom. The molecule has 13 heavy (non-hydrogen) atoms. The van der Waals surface area contributed by atoms with Crippen LogP contribution in [0, 0.1) is 17.7 Å². The molecule has 1 aromatic heterocycles. The van der Waals surface area contributed by atoms with Gasteiger partial charge in [0.15, 0.2) is 0 Å². The molecule has 0 saturated carbocycles. The lowest BCUT2D eigenvalue weighted by Crippen LogP contribution is -2.04. The summed E-state index contributed by atoms with van der Waals surface area (Å²) in [5, 5.41) is 3.07. The minimum absolute atomic E-state index is 0.227. The van der Waals surface area contributed by atoms with E-state index in [0.717, 1.165) is 6.20 Å². The maximum Gasteiger partial charge on any atom is 0.144 e. The SMILES string of the molecule is CNCC#Cc1cc(F)cnc1Cl. The van der Waals surface area contributed by atoms with Crippen LogP contribution in [-0.2, 0) is 0 Å². The second kappa shape index (κ2) is 4.80. The first-order valence-electron chi connectivity index (χ1n) is 3.68. The standard InChI is InChI=1S/C9H8ClFN2/c1-12-4-2-3-7-5-8(11)6-13-9(7)10/h5-6,12H,4H2,1H3. The Morgan fingerprint density at radius 1 is 1.69 bits per heavy atom. The quantitative estimate of drug-likeness (QED) is 0.546. The van der Waals surface area contributed by atoms with Gasteiger partial charge < -0.3 is 5.32 Å². The Morgan fingerprint density at radius 3 is 3.15 bits per heavy atom. The van der Waals surface area contributed by atoms with Crippen LogP contribution >= 0.6 is 11.6 Å². The molecular formula is C9H8ClFN2. The Labute approximate surface area is 81.1 Å². The minimum Gasteiger partial charge on any atom is -0.309 e. The molecule has 0 radical (unpaired) electrons. The maximum absolute atomic E-state index is 12.7. The molecule has 0 aliphatic carbocycles. The van der Waals surface area contributed by atoms with E-state index in [2.05, 4.69) is 22.1 Å². The Balaban J connectivity index is 2.89. The summed E-state index contributed by atoms with van der Waals surface area (Å²) in [5.74, 6) is 5.04. The van der Waals surface area contributed by atoms with Gasteiger partial charge in [0.25, 0.3) is 0 Å². The summed E-state index contributed by atoms with van der Waals surface area (Å²) in [6.07, 6.45) is 1.06. The van der Waals surface area contributed by atoms with Crippen LogP contribution in [0.5, 0.6) is 0 Å². The number of halogens is 2. The third-order valence-electron chi connectivity index (χ3n) is 1.29. The normalized spacial score (nSPS) is 9.15. The predicted octanol–water partition coefficient (Wildman–Crippen LogP) is 1.45. The van der Waals surface area contributed by atoms with E-state index in [-0.39, 0.29) is 5.15 Å². The molecule has 1 aromatic rings. The molecule has 1 heterocycles. The molecule has 0 aliphatic rings. The van der Waals surface area contributed by atoms with Crippen molar-refractivity contribution in [1.29, 1.82) is 0 Å². The molecule has 0 spiro atoms. The number of nitrogens with one attached hydrogen (secondary N) is 1. The number of pyridine rings is 1. The van der Waals surface area contributed by atoms with Gasteiger partial charge in [0.2, 0.25) is 0 Å². The molecule has 1 rings (SSSR count). The molecule has 0 unspecified atom stereocenters. The van der Waals surface area contributed by atoms with Crippen molar-refractivity contribution in [3.05, 3.63) is 28.8 Å². The molecule has 0 saturated heterocycles. The lowest BCUT2D eigenvalue weighted by Gasteiger charge is -1.93. The first-order chi connectivity index (χ1) is 6.24. The van der Waals surface area contributed by atoms with Gasteiger partial charge in [-0.05, 0) is 13.1 Å². The van der Waals surface area contributed by atoms with Crippen molar-refractivity contribution in [2.45, 2.75) is 0 Å². The number of nitrogens with zero attached hydrogens (tertiary/aromatic N) is 1. The second-order valence-corrected chi connectivity index (χ2v) is 2.68. The highest BCUT2D eigenvalue weighted by Gasteiger charge is 1.99. The van der Waals surface area contributed by atoms with Crippen LogP contribution in [0.4, 0.5) is 4.39 Å². The molecule has 0 aliphatic heterocycles. The van der Waals surface area contributed by atoms with Crippen LogP contribution in [-0.4, -0.2) is 18.6 Å². The van der Waals surface area contributed by atoms with E-state index in [1.807, 2.05) is 0 Å². The summed E-state index contributed by atoms with van der Waals surface area (Å²) < 4.78 is 12.7. The molecule has 2 nitrogen and oxygen atoms in total. The van der Waals surface area contributed by atoms with Crippen LogP contribution in [0.25, 0.3) is 0 Å². The number of hydrogen-bond donors (Lipinski definition) is 1. The molecule has 0 bridgehead atoms. The maximum atomic E-state index is 12.7. The van der Waals surface area contributed by atoms with Gasteiger partial charge in [-0.25, -0.2) is 9.37 Å². The molecule has 0 fully saturated rings. The van der Waals surface area contributed by atoms with Crippen LogP contribution < -0.4 is 5.32 Å². The summed E-state index contributed by atoms with van der Waals surface area (Å²) in [5.41, 5.74) is 0.414. The second-order valence-electron chi connectivity index (χ2n) is 2.32. The van der Waals surface area contributed by atoms with Crippen molar-refractivity contribution in [2.75, 3.05) is 13.6 Å². The molecule has 0 aromatic carbocycles. The van der Waals surface area contributed by atoms with Crippen molar-refractivity contribution in [2.24, 2.45) is 0 Å². The van der Waals surface area contributed by atoms with Gasteiger partial charge >= 0.3 is 0 Å². The van der Waals surface area contributed by atoms with Crippen LogP contribution in [0.1, 0.15) is 5.56 Å². The zero-order valence-corrected chi connectivity index (χ0v) is 7.82. The van der Waals surface area contributed by atoms with Gasteiger partial charge in [0.1, 0.15) is 11.0 Å². The molecule has 0 atom stereocenters. The van der Waals surface area contributed by atoms with Gasteiger partial charge in [0.05, 0.1) is 18.3 Å². The fourth-order valence-electron chi connectivity index (χ4n) is 0.738. The zero-order chi connectivity index (χ0) is 9.68. The largest absolute Gasteiger partial charge is 0.309 e. The summed E-state index contributed by atoms with van der Waals surface area (Å²) in [4.78, 5) is 3.62. The van der Waals surface area contributed by atoms with Gasteiger partial charge in [-0.2, -0.15) is 0 Å². The molecule has 1 N–H and O–H groups in total. The third kappa shape index (κ3) is 3.02. The van der Waals surface area contributed by atoms with E-state index in [1.54, 1.807) is 7.05 Å². The van der Waals surface area contributed by atoms with E-state index >= 15 is 0 Å². The Hall–Kier alpha value is -1.11. The molecule has 68 valence electrons. The average molecular weight is 199 g/mol. The van der Waals surface area contributed by atoms with Gasteiger partial charge in [-0.1, -0.05) is 23.4 Å². The Kier molecular flexibility index (Phi) is 3.69. The number of rotatable bonds is 1. The van der Waals surface area contributed by atoms with Crippen LogP contribution in [0.2, 0.25) is 5.15 Å². The first-order valence-corrected chi connectivity index (χ1v) is 4.06. The van der Waals surface area contributed by atoms with E-state index in [9.17, 15) is 4.39 Å². The smallest absolute Gasteiger partial charge is 0.144 e. The molecule has 0 amide bonds. The lowest BCUT2D eigenvalue weighted by molar-refractivity contribution is 0.621. The fourth-order valence-corrected chi connectivity index (χ4v) is 0.889.